The van der Waals surface area contributed by atoms with Crippen molar-refractivity contribution < 1.29 is 4.79 Å². The van der Waals surface area contributed by atoms with E-state index < -0.39 is 0 Å². The van der Waals surface area contributed by atoms with Gasteiger partial charge in [-0.15, -0.1) is 0 Å². The van der Waals surface area contributed by atoms with E-state index in [1.54, 1.807) is 12.1 Å². The van der Waals surface area contributed by atoms with Crippen LogP contribution in [-0.2, 0) is 4.79 Å². The lowest BCUT2D eigenvalue weighted by Crippen LogP contribution is -2.39. The van der Waals surface area contributed by atoms with Gasteiger partial charge in [-0.1, -0.05) is 11.6 Å². The normalized spacial score (nSPS) is 17.1. The number of carbonyl (C=O) groups is 1. The molecule has 0 unspecified atom stereocenters. The molecule has 1 aliphatic heterocycles. The number of carbonyl (C=O) groups excluding carboxylic acids is 1. The summed E-state index contributed by atoms with van der Waals surface area (Å²) in [6, 6.07) is 3.40. The molecule has 4 N–H and O–H groups in total. The maximum absolute atomic E-state index is 11.1. The molecule has 0 saturated carbocycles. The van der Waals surface area contributed by atoms with E-state index in [0.717, 1.165) is 25.9 Å². The molecule has 0 aromatic carbocycles. The summed E-state index contributed by atoms with van der Waals surface area (Å²) in [5.74, 6) is 0.434. The van der Waals surface area contributed by atoms with Crippen LogP contribution in [0.25, 0.3) is 0 Å². The molecule has 0 spiro atoms. The van der Waals surface area contributed by atoms with Crippen molar-refractivity contribution in [1.82, 2.24) is 4.98 Å². The molecule has 1 aromatic rings. The third-order valence-electron chi connectivity index (χ3n) is 3.07. The van der Waals surface area contributed by atoms with E-state index in [1.165, 1.54) is 0 Å². The number of piperidine rings is 1. The fourth-order valence-electron chi connectivity index (χ4n) is 2.07. The molecule has 92 valence electrons. The second kappa shape index (κ2) is 4.79. The van der Waals surface area contributed by atoms with Crippen molar-refractivity contribution >= 4 is 29.0 Å². The van der Waals surface area contributed by atoms with Crippen LogP contribution >= 0.6 is 11.6 Å². The van der Waals surface area contributed by atoms with Gasteiger partial charge in [0.15, 0.2) is 5.82 Å². The highest BCUT2D eigenvalue weighted by Crippen LogP contribution is 2.27. The second-order valence-corrected chi connectivity index (χ2v) is 4.60. The van der Waals surface area contributed by atoms with Crippen molar-refractivity contribution in [2.45, 2.75) is 12.8 Å². The highest BCUT2D eigenvalue weighted by atomic mass is 35.5. The van der Waals surface area contributed by atoms with Gasteiger partial charge in [-0.25, -0.2) is 4.98 Å². The van der Waals surface area contributed by atoms with E-state index in [-0.39, 0.29) is 11.8 Å². The molecule has 1 saturated heterocycles. The standard InChI is InChI=1S/C11H15ClN4O/c12-9-2-1-8(13)11(15-9)16-5-3-7(4-6-16)10(14)17/h1-2,7H,3-6,13H2,(H2,14,17). The van der Waals surface area contributed by atoms with Gasteiger partial charge < -0.3 is 16.4 Å². The summed E-state index contributed by atoms with van der Waals surface area (Å²) in [5, 5.41) is 0.422. The summed E-state index contributed by atoms with van der Waals surface area (Å²) in [6.45, 7) is 1.45. The molecule has 0 bridgehead atoms. The minimum absolute atomic E-state index is 0.0355. The van der Waals surface area contributed by atoms with Crippen LogP contribution in [0, 0.1) is 5.92 Å². The van der Waals surface area contributed by atoms with Crippen molar-refractivity contribution in [3.05, 3.63) is 17.3 Å². The van der Waals surface area contributed by atoms with Crippen molar-refractivity contribution in [2.24, 2.45) is 11.7 Å². The van der Waals surface area contributed by atoms with Crippen LogP contribution in [-0.4, -0.2) is 24.0 Å². The average molecular weight is 255 g/mol. The summed E-state index contributed by atoms with van der Waals surface area (Å²) >= 11 is 5.85. The van der Waals surface area contributed by atoms with Crippen LogP contribution in [0.4, 0.5) is 11.5 Å². The number of pyridine rings is 1. The minimum Gasteiger partial charge on any atom is -0.396 e. The zero-order valence-electron chi connectivity index (χ0n) is 9.40. The van der Waals surface area contributed by atoms with E-state index in [1.807, 2.05) is 4.90 Å². The van der Waals surface area contributed by atoms with Gasteiger partial charge >= 0.3 is 0 Å². The van der Waals surface area contributed by atoms with Crippen LogP contribution in [0.5, 0.6) is 0 Å². The van der Waals surface area contributed by atoms with Gasteiger partial charge in [0.25, 0.3) is 0 Å². The average Bonchev–Trinajstić information content (AvgIpc) is 2.32. The molecular weight excluding hydrogens is 240 g/mol. The Balaban J connectivity index is 2.10. The SMILES string of the molecule is NC(=O)C1CCN(c2nc(Cl)ccc2N)CC1. The summed E-state index contributed by atoms with van der Waals surface area (Å²) in [7, 11) is 0. The quantitative estimate of drug-likeness (QED) is 0.772. The predicted molar refractivity (Wildman–Crippen MR) is 67.8 cm³/mol. The Labute approximate surface area is 105 Å². The number of amides is 1. The van der Waals surface area contributed by atoms with Gasteiger partial charge in [0.1, 0.15) is 5.15 Å². The maximum Gasteiger partial charge on any atom is 0.220 e. The molecular formula is C11H15ClN4O. The van der Waals surface area contributed by atoms with Gasteiger partial charge in [0.2, 0.25) is 5.91 Å². The third kappa shape index (κ3) is 2.61. The van der Waals surface area contributed by atoms with Crippen LogP contribution in [0.3, 0.4) is 0 Å². The molecule has 2 rings (SSSR count). The van der Waals surface area contributed by atoms with Crippen LogP contribution in [0.15, 0.2) is 12.1 Å². The van der Waals surface area contributed by atoms with E-state index in [0.29, 0.717) is 16.7 Å². The molecule has 6 heteroatoms. The van der Waals surface area contributed by atoms with E-state index in [9.17, 15) is 4.79 Å². The molecule has 1 aliphatic rings. The molecule has 1 amide bonds. The maximum atomic E-state index is 11.1. The lowest BCUT2D eigenvalue weighted by Gasteiger charge is -2.32. The summed E-state index contributed by atoms with van der Waals surface area (Å²) in [5.41, 5.74) is 11.8. The number of rotatable bonds is 2. The highest BCUT2D eigenvalue weighted by molar-refractivity contribution is 6.29. The van der Waals surface area contributed by atoms with E-state index in [4.69, 9.17) is 23.1 Å². The number of primary amides is 1. The Kier molecular flexibility index (Phi) is 3.38. The number of anilines is 2. The summed E-state index contributed by atoms with van der Waals surface area (Å²) in [6.07, 6.45) is 1.48. The monoisotopic (exact) mass is 254 g/mol. The van der Waals surface area contributed by atoms with E-state index in [2.05, 4.69) is 4.98 Å². The Morgan fingerprint density at radius 2 is 2.06 bits per heavy atom. The van der Waals surface area contributed by atoms with Crippen LogP contribution in [0.2, 0.25) is 5.15 Å². The fourth-order valence-corrected chi connectivity index (χ4v) is 2.21. The highest BCUT2D eigenvalue weighted by Gasteiger charge is 2.24. The van der Waals surface area contributed by atoms with E-state index >= 15 is 0 Å². The number of hydrogen-bond acceptors (Lipinski definition) is 4. The summed E-state index contributed by atoms with van der Waals surface area (Å²) in [4.78, 5) is 17.3. The summed E-state index contributed by atoms with van der Waals surface area (Å²) < 4.78 is 0. The van der Waals surface area contributed by atoms with Crippen molar-refractivity contribution in [3.63, 3.8) is 0 Å². The second-order valence-electron chi connectivity index (χ2n) is 4.21. The predicted octanol–water partition coefficient (Wildman–Crippen LogP) is 1.02. The fraction of sp³-hybridized carbons (Fsp3) is 0.455. The van der Waals surface area contributed by atoms with Crippen molar-refractivity contribution in [2.75, 3.05) is 23.7 Å². The van der Waals surface area contributed by atoms with Gasteiger partial charge in [-0.05, 0) is 25.0 Å². The first-order valence-electron chi connectivity index (χ1n) is 5.54. The molecule has 17 heavy (non-hydrogen) atoms. The number of nitrogens with zero attached hydrogens (tertiary/aromatic N) is 2. The smallest absolute Gasteiger partial charge is 0.220 e. The van der Waals surface area contributed by atoms with Gasteiger partial charge in [0.05, 0.1) is 5.69 Å². The Hall–Kier alpha value is -1.49. The minimum atomic E-state index is -0.225. The number of nitrogen functional groups attached to an aromatic ring is 1. The molecule has 0 radical (unpaired) electrons. The van der Waals surface area contributed by atoms with Gasteiger partial charge in [-0.3, -0.25) is 4.79 Å². The number of hydrogen-bond donors (Lipinski definition) is 2. The Bertz CT molecular complexity index is 429. The largest absolute Gasteiger partial charge is 0.396 e. The van der Waals surface area contributed by atoms with Gasteiger partial charge in [0, 0.05) is 19.0 Å². The zero-order valence-corrected chi connectivity index (χ0v) is 10.2. The van der Waals surface area contributed by atoms with Crippen LogP contribution < -0.4 is 16.4 Å². The lowest BCUT2D eigenvalue weighted by molar-refractivity contribution is -0.122. The lowest BCUT2D eigenvalue weighted by atomic mass is 9.96. The first-order valence-corrected chi connectivity index (χ1v) is 5.92. The Morgan fingerprint density at radius 1 is 1.41 bits per heavy atom. The van der Waals surface area contributed by atoms with Crippen molar-refractivity contribution in [1.29, 1.82) is 0 Å². The molecule has 1 aromatic heterocycles. The number of nitrogens with two attached hydrogens (primary N) is 2. The molecule has 2 heterocycles. The molecule has 1 fully saturated rings. The molecule has 0 aliphatic carbocycles. The van der Waals surface area contributed by atoms with Crippen LogP contribution in [0.1, 0.15) is 12.8 Å². The number of halogens is 1. The van der Waals surface area contributed by atoms with Crippen molar-refractivity contribution in [3.8, 4) is 0 Å². The first kappa shape index (κ1) is 12.0. The third-order valence-corrected chi connectivity index (χ3v) is 3.28. The van der Waals surface area contributed by atoms with Gasteiger partial charge in [-0.2, -0.15) is 0 Å². The number of aromatic nitrogens is 1. The Morgan fingerprint density at radius 3 is 2.65 bits per heavy atom. The topological polar surface area (TPSA) is 85.2 Å². The zero-order chi connectivity index (χ0) is 12.4. The molecule has 0 atom stereocenters. The first-order chi connectivity index (χ1) is 8.08. The molecule has 5 nitrogen and oxygen atoms in total.